The number of halogens is 1. The van der Waals surface area contributed by atoms with E-state index in [9.17, 15) is 0 Å². The summed E-state index contributed by atoms with van der Waals surface area (Å²) < 4.78 is 9.04. The summed E-state index contributed by atoms with van der Waals surface area (Å²) in [5.74, 6) is 2.49. The van der Waals surface area contributed by atoms with Crippen molar-refractivity contribution in [2.24, 2.45) is 5.73 Å². The van der Waals surface area contributed by atoms with Crippen molar-refractivity contribution in [3.63, 3.8) is 0 Å². The first kappa shape index (κ1) is 17.0. The van der Waals surface area contributed by atoms with Crippen LogP contribution in [0, 0.1) is 0 Å². The van der Waals surface area contributed by atoms with E-state index in [2.05, 4.69) is 10.1 Å². The third-order valence-corrected chi connectivity index (χ3v) is 4.89. The van der Waals surface area contributed by atoms with E-state index in [0.717, 1.165) is 30.8 Å². The second-order valence-electron chi connectivity index (χ2n) is 6.48. The topological polar surface area (TPSA) is 96.7 Å². The van der Waals surface area contributed by atoms with Crippen molar-refractivity contribution in [3.05, 3.63) is 47.5 Å². The third-order valence-electron chi connectivity index (χ3n) is 4.65. The van der Waals surface area contributed by atoms with Crippen LogP contribution >= 0.6 is 11.6 Å². The Morgan fingerprint density at radius 2 is 2.23 bits per heavy atom. The highest BCUT2D eigenvalue weighted by Crippen LogP contribution is 2.35. The first-order chi connectivity index (χ1) is 12.6. The van der Waals surface area contributed by atoms with Crippen LogP contribution in [-0.4, -0.2) is 42.7 Å². The predicted octanol–water partition coefficient (Wildman–Crippen LogP) is 2.16. The molecule has 1 aliphatic rings. The molecule has 2 atom stereocenters. The van der Waals surface area contributed by atoms with Crippen LogP contribution < -0.4 is 10.5 Å². The highest BCUT2D eigenvalue weighted by molar-refractivity contribution is 6.30. The lowest BCUT2D eigenvalue weighted by Gasteiger charge is -2.14. The molecule has 136 valence electrons. The zero-order chi connectivity index (χ0) is 18.1. The molecule has 9 heteroatoms. The summed E-state index contributed by atoms with van der Waals surface area (Å²) in [7, 11) is 1.63. The van der Waals surface area contributed by atoms with Crippen molar-refractivity contribution in [2.75, 3.05) is 7.11 Å². The molecule has 1 fully saturated rings. The number of ether oxygens (including phenoxy) is 1. The zero-order valence-corrected chi connectivity index (χ0v) is 15.2. The smallest absolute Gasteiger partial charge is 0.172 e. The minimum absolute atomic E-state index is 0.199. The number of nitrogens with two attached hydrogens (primary N) is 1. The maximum absolute atomic E-state index is 6.22. The van der Waals surface area contributed by atoms with Crippen molar-refractivity contribution in [3.8, 4) is 11.4 Å². The quantitative estimate of drug-likeness (QED) is 0.736. The van der Waals surface area contributed by atoms with Gasteiger partial charge in [-0.15, -0.1) is 5.10 Å². The van der Waals surface area contributed by atoms with E-state index in [1.165, 1.54) is 6.33 Å². The lowest BCUT2D eigenvalue weighted by Crippen LogP contribution is -2.15. The van der Waals surface area contributed by atoms with Crippen molar-refractivity contribution in [1.82, 2.24) is 29.5 Å². The fraction of sp³-hybridized carbons (Fsp3) is 0.412. The number of nitrogens with zero attached hydrogens (tertiary/aromatic N) is 6. The van der Waals surface area contributed by atoms with Crippen molar-refractivity contribution in [2.45, 2.75) is 37.8 Å². The van der Waals surface area contributed by atoms with Gasteiger partial charge < -0.3 is 10.5 Å². The van der Waals surface area contributed by atoms with E-state index in [4.69, 9.17) is 32.2 Å². The van der Waals surface area contributed by atoms with Gasteiger partial charge in [-0.3, -0.25) is 0 Å². The number of methoxy groups -OCH3 is 1. The van der Waals surface area contributed by atoms with E-state index in [1.54, 1.807) is 24.2 Å². The minimum atomic E-state index is 0.199. The van der Waals surface area contributed by atoms with E-state index in [0.29, 0.717) is 23.1 Å². The predicted molar refractivity (Wildman–Crippen MR) is 96.6 cm³/mol. The number of rotatable bonds is 5. The Bertz CT molecular complexity index is 893. The first-order valence-electron chi connectivity index (χ1n) is 8.52. The van der Waals surface area contributed by atoms with Crippen molar-refractivity contribution < 1.29 is 4.74 Å². The molecule has 0 saturated heterocycles. The summed E-state index contributed by atoms with van der Waals surface area (Å²) in [5, 5.41) is 9.46. The molecular weight excluding hydrogens is 354 g/mol. The molecule has 1 aromatic carbocycles. The van der Waals surface area contributed by atoms with Crippen molar-refractivity contribution >= 4 is 11.6 Å². The highest BCUT2D eigenvalue weighted by Gasteiger charge is 2.29. The maximum atomic E-state index is 6.22. The van der Waals surface area contributed by atoms with E-state index < -0.39 is 0 Å². The molecule has 0 amide bonds. The molecule has 2 heterocycles. The van der Waals surface area contributed by atoms with E-state index >= 15 is 0 Å². The van der Waals surface area contributed by atoms with Crippen molar-refractivity contribution in [1.29, 1.82) is 0 Å². The van der Waals surface area contributed by atoms with Crippen LogP contribution in [-0.2, 0) is 6.54 Å². The van der Waals surface area contributed by atoms with E-state index in [-0.39, 0.29) is 12.0 Å². The van der Waals surface area contributed by atoms with Gasteiger partial charge in [0.05, 0.1) is 7.11 Å². The SMILES string of the molecule is COc1ccc(Cl)cc1-n1nc(Cn2cncn2)nc1[C@@H]1CC[C@H](N)C1. The number of hydrogen-bond donors (Lipinski definition) is 1. The summed E-state index contributed by atoms with van der Waals surface area (Å²) in [4.78, 5) is 8.76. The van der Waals surface area contributed by atoms with Gasteiger partial charge in [0.2, 0.25) is 0 Å². The monoisotopic (exact) mass is 373 g/mol. The number of benzene rings is 1. The van der Waals surface area contributed by atoms with Gasteiger partial charge in [0.25, 0.3) is 0 Å². The van der Waals surface area contributed by atoms with Crippen LogP contribution in [0.3, 0.4) is 0 Å². The van der Waals surface area contributed by atoms with Gasteiger partial charge in [-0.05, 0) is 37.5 Å². The largest absolute Gasteiger partial charge is 0.494 e. The molecule has 0 aliphatic heterocycles. The highest BCUT2D eigenvalue weighted by atomic mass is 35.5. The molecule has 0 radical (unpaired) electrons. The molecular formula is C17H20ClN7O. The van der Waals surface area contributed by atoms with Gasteiger partial charge in [0, 0.05) is 17.0 Å². The maximum Gasteiger partial charge on any atom is 0.172 e. The van der Waals surface area contributed by atoms with Gasteiger partial charge in [-0.2, -0.15) is 5.10 Å². The van der Waals surface area contributed by atoms with Gasteiger partial charge in [0.15, 0.2) is 5.82 Å². The van der Waals surface area contributed by atoms with Gasteiger partial charge >= 0.3 is 0 Å². The molecule has 0 spiro atoms. The normalized spacial score (nSPS) is 19.8. The molecule has 1 saturated carbocycles. The average molecular weight is 374 g/mol. The summed E-state index contributed by atoms with van der Waals surface area (Å²) >= 11 is 6.22. The molecule has 4 rings (SSSR count). The van der Waals surface area contributed by atoms with Crippen LogP contribution in [0.25, 0.3) is 5.69 Å². The Labute approximate surface area is 156 Å². The van der Waals surface area contributed by atoms with Crippen LogP contribution in [0.4, 0.5) is 0 Å². The summed E-state index contributed by atoms with van der Waals surface area (Å²) in [6.07, 6.45) is 6.01. The Balaban J connectivity index is 1.78. The standard InChI is InChI=1S/C17H20ClN7O/c1-26-15-5-3-12(18)7-14(15)25-17(11-2-4-13(19)6-11)22-16(23-25)8-24-10-20-9-21-24/h3,5,7,9-11,13H,2,4,6,8,19H2,1H3/t11-,13+/m1/s1. The zero-order valence-electron chi connectivity index (χ0n) is 14.4. The molecule has 2 aromatic heterocycles. The number of aromatic nitrogens is 6. The molecule has 8 nitrogen and oxygen atoms in total. The Kier molecular flexibility index (Phi) is 4.60. The lowest BCUT2D eigenvalue weighted by molar-refractivity contribution is 0.410. The second-order valence-corrected chi connectivity index (χ2v) is 6.91. The second kappa shape index (κ2) is 7.05. The van der Waals surface area contributed by atoms with Crippen LogP contribution in [0.1, 0.15) is 36.8 Å². The summed E-state index contributed by atoms with van der Waals surface area (Å²) in [5.41, 5.74) is 6.89. The van der Waals surface area contributed by atoms with Gasteiger partial charge in [-0.1, -0.05) is 11.6 Å². The lowest BCUT2D eigenvalue weighted by atomic mass is 10.1. The molecule has 1 aliphatic carbocycles. The average Bonchev–Trinajstić information content (AvgIpc) is 3.36. The van der Waals surface area contributed by atoms with Gasteiger partial charge in [0.1, 0.15) is 36.5 Å². The van der Waals surface area contributed by atoms with Crippen LogP contribution in [0.5, 0.6) is 5.75 Å². The molecule has 0 bridgehead atoms. The minimum Gasteiger partial charge on any atom is -0.494 e. The first-order valence-corrected chi connectivity index (χ1v) is 8.89. The molecule has 26 heavy (non-hydrogen) atoms. The third kappa shape index (κ3) is 3.30. The molecule has 3 aromatic rings. The molecule has 0 unspecified atom stereocenters. The Hall–Kier alpha value is -2.45. The Morgan fingerprint density at radius 3 is 2.92 bits per heavy atom. The fourth-order valence-electron chi connectivity index (χ4n) is 3.42. The van der Waals surface area contributed by atoms with Gasteiger partial charge in [-0.25, -0.2) is 19.3 Å². The van der Waals surface area contributed by atoms with Crippen LogP contribution in [0.2, 0.25) is 5.02 Å². The number of hydrogen-bond acceptors (Lipinski definition) is 6. The fourth-order valence-corrected chi connectivity index (χ4v) is 3.58. The summed E-state index contributed by atoms with van der Waals surface area (Å²) in [6.45, 7) is 0.446. The summed E-state index contributed by atoms with van der Waals surface area (Å²) in [6, 6.07) is 5.67. The Morgan fingerprint density at radius 1 is 1.35 bits per heavy atom. The van der Waals surface area contributed by atoms with E-state index in [1.807, 2.05) is 16.8 Å². The molecule has 2 N–H and O–H groups in total. The van der Waals surface area contributed by atoms with Crippen LogP contribution in [0.15, 0.2) is 30.9 Å².